The average molecular weight is 252 g/mol. The Hall–Kier alpha value is -0.290. The molecule has 1 atom stereocenters. The molecular formula is C12H23F3N2. The van der Waals surface area contributed by atoms with E-state index in [9.17, 15) is 13.2 Å². The highest BCUT2D eigenvalue weighted by atomic mass is 19.4. The Labute approximate surface area is 102 Å². The third kappa shape index (κ3) is 6.88. The Balaban J connectivity index is 2.02. The minimum absolute atomic E-state index is 0.257. The van der Waals surface area contributed by atoms with Crippen LogP contribution in [0.25, 0.3) is 0 Å². The van der Waals surface area contributed by atoms with Crippen molar-refractivity contribution in [3.8, 4) is 0 Å². The number of halogens is 3. The second kappa shape index (κ2) is 7.21. The van der Waals surface area contributed by atoms with Gasteiger partial charge in [0.15, 0.2) is 0 Å². The van der Waals surface area contributed by atoms with Gasteiger partial charge in [0, 0.05) is 19.0 Å². The van der Waals surface area contributed by atoms with Crippen LogP contribution in [-0.2, 0) is 0 Å². The number of likely N-dealkylation sites (tertiary alicyclic amines) is 1. The van der Waals surface area contributed by atoms with Gasteiger partial charge in [0.25, 0.3) is 0 Å². The van der Waals surface area contributed by atoms with Gasteiger partial charge in [-0.1, -0.05) is 6.92 Å². The van der Waals surface area contributed by atoms with E-state index in [2.05, 4.69) is 17.1 Å². The van der Waals surface area contributed by atoms with Gasteiger partial charge in [0.2, 0.25) is 0 Å². The highest BCUT2D eigenvalue weighted by Crippen LogP contribution is 2.22. The van der Waals surface area contributed by atoms with Crippen LogP contribution in [0.2, 0.25) is 0 Å². The molecular weight excluding hydrogens is 229 g/mol. The van der Waals surface area contributed by atoms with Gasteiger partial charge in [-0.25, -0.2) is 0 Å². The Kier molecular flexibility index (Phi) is 6.27. The normalized spacial score (nSPS) is 22.2. The summed E-state index contributed by atoms with van der Waals surface area (Å²) in [4.78, 5) is 2.27. The zero-order valence-corrected chi connectivity index (χ0v) is 10.5. The first-order valence-electron chi connectivity index (χ1n) is 6.54. The fourth-order valence-corrected chi connectivity index (χ4v) is 2.21. The molecule has 0 amide bonds. The number of hydrogen-bond donors (Lipinski definition) is 1. The lowest BCUT2D eigenvalue weighted by Gasteiger charge is -2.16. The summed E-state index contributed by atoms with van der Waals surface area (Å²) < 4.78 is 35.8. The molecule has 1 N–H and O–H groups in total. The van der Waals surface area contributed by atoms with Gasteiger partial charge in [0.1, 0.15) is 0 Å². The zero-order valence-electron chi connectivity index (χ0n) is 10.5. The smallest absolute Gasteiger partial charge is 0.313 e. The van der Waals surface area contributed by atoms with Crippen LogP contribution in [0.1, 0.15) is 39.0 Å². The largest absolute Gasteiger partial charge is 0.389 e. The van der Waals surface area contributed by atoms with E-state index in [-0.39, 0.29) is 6.42 Å². The first kappa shape index (κ1) is 14.8. The average Bonchev–Trinajstić information content (AvgIpc) is 2.68. The summed E-state index contributed by atoms with van der Waals surface area (Å²) >= 11 is 0. The Morgan fingerprint density at radius 1 is 1.29 bits per heavy atom. The van der Waals surface area contributed by atoms with Gasteiger partial charge < -0.3 is 10.2 Å². The van der Waals surface area contributed by atoms with Crippen LogP contribution in [0.15, 0.2) is 0 Å². The van der Waals surface area contributed by atoms with E-state index in [4.69, 9.17) is 0 Å². The molecule has 0 aliphatic carbocycles. The van der Waals surface area contributed by atoms with Crippen molar-refractivity contribution in [2.24, 2.45) is 0 Å². The number of rotatable bonds is 7. The Morgan fingerprint density at radius 2 is 2.06 bits per heavy atom. The molecule has 0 aromatic carbocycles. The maximum absolute atomic E-state index is 11.9. The van der Waals surface area contributed by atoms with E-state index in [1.54, 1.807) is 0 Å². The topological polar surface area (TPSA) is 15.3 Å². The van der Waals surface area contributed by atoms with Gasteiger partial charge in [-0.05, 0) is 45.3 Å². The molecule has 1 aliphatic heterocycles. The standard InChI is InChI=1S/C12H23F3N2/c1-2-7-16-11-5-9-17(10-11)8-4-3-6-12(13,14)15/h11,16H,2-10H2,1H3. The molecule has 0 aromatic rings. The molecule has 102 valence electrons. The van der Waals surface area contributed by atoms with E-state index in [1.165, 1.54) is 0 Å². The lowest BCUT2D eigenvalue weighted by molar-refractivity contribution is -0.135. The van der Waals surface area contributed by atoms with E-state index in [1.807, 2.05) is 0 Å². The molecule has 0 aromatic heterocycles. The minimum Gasteiger partial charge on any atom is -0.313 e. The quantitative estimate of drug-likeness (QED) is 0.701. The summed E-state index contributed by atoms with van der Waals surface area (Å²) in [6.07, 6.45) is -1.47. The molecule has 1 unspecified atom stereocenters. The first-order valence-corrected chi connectivity index (χ1v) is 6.54. The second-order valence-electron chi connectivity index (χ2n) is 4.81. The minimum atomic E-state index is -3.99. The van der Waals surface area contributed by atoms with Crippen LogP contribution in [0.5, 0.6) is 0 Å². The number of unbranched alkanes of at least 4 members (excludes halogenated alkanes) is 1. The lowest BCUT2D eigenvalue weighted by atomic mass is 10.2. The predicted octanol–water partition coefficient (Wildman–Crippen LogP) is 2.79. The third-order valence-corrected chi connectivity index (χ3v) is 3.14. The summed E-state index contributed by atoms with van der Waals surface area (Å²) in [5, 5.41) is 3.45. The Bertz CT molecular complexity index is 206. The molecule has 1 saturated heterocycles. The van der Waals surface area contributed by atoms with Crippen molar-refractivity contribution in [2.45, 2.75) is 51.2 Å². The number of nitrogens with one attached hydrogen (secondary N) is 1. The van der Waals surface area contributed by atoms with Crippen molar-refractivity contribution in [1.82, 2.24) is 10.2 Å². The van der Waals surface area contributed by atoms with Crippen molar-refractivity contribution in [3.05, 3.63) is 0 Å². The van der Waals surface area contributed by atoms with E-state index in [0.717, 1.165) is 39.0 Å². The molecule has 1 rings (SSSR count). The van der Waals surface area contributed by atoms with E-state index >= 15 is 0 Å². The molecule has 0 spiro atoms. The highest BCUT2D eigenvalue weighted by molar-refractivity contribution is 4.80. The van der Waals surface area contributed by atoms with Gasteiger partial charge in [-0.2, -0.15) is 13.2 Å². The van der Waals surface area contributed by atoms with Crippen molar-refractivity contribution >= 4 is 0 Å². The fraction of sp³-hybridized carbons (Fsp3) is 1.00. The predicted molar refractivity (Wildman–Crippen MR) is 63.0 cm³/mol. The van der Waals surface area contributed by atoms with Gasteiger partial charge in [-0.3, -0.25) is 0 Å². The summed E-state index contributed by atoms with van der Waals surface area (Å²) in [6, 6.07) is 0.539. The molecule has 1 heterocycles. The van der Waals surface area contributed by atoms with Crippen molar-refractivity contribution in [2.75, 3.05) is 26.2 Å². The van der Waals surface area contributed by atoms with Crippen LogP contribution in [0.4, 0.5) is 13.2 Å². The molecule has 2 nitrogen and oxygen atoms in total. The van der Waals surface area contributed by atoms with Crippen LogP contribution in [0.3, 0.4) is 0 Å². The second-order valence-corrected chi connectivity index (χ2v) is 4.81. The van der Waals surface area contributed by atoms with E-state index in [0.29, 0.717) is 12.5 Å². The monoisotopic (exact) mass is 252 g/mol. The molecule has 1 fully saturated rings. The molecule has 1 aliphatic rings. The first-order chi connectivity index (χ1) is 8.01. The molecule has 0 radical (unpaired) electrons. The van der Waals surface area contributed by atoms with Crippen LogP contribution in [-0.4, -0.2) is 43.3 Å². The maximum atomic E-state index is 11.9. The zero-order chi connectivity index (χ0) is 12.7. The number of hydrogen-bond acceptors (Lipinski definition) is 2. The van der Waals surface area contributed by atoms with Crippen LogP contribution in [0, 0.1) is 0 Å². The van der Waals surface area contributed by atoms with Crippen LogP contribution >= 0.6 is 0 Å². The summed E-state index contributed by atoms with van der Waals surface area (Å²) in [5.74, 6) is 0. The van der Waals surface area contributed by atoms with E-state index < -0.39 is 12.6 Å². The summed E-state index contributed by atoms with van der Waals surface area (Å²) in [7, 11) is 0. The van der Waals surface area contributed by atoms with Crippen LogP contribution < -0.4 is 5.32 Å². The highest BCUT2D eigenvalue weighted by Gasteiger charge is 2.26. The molecule has 0 bridgehead atoms. The number of nitrogens with zero attached hydrogens (tertiary/aromatic N) is 1. The van der Waals surface area contributed by atoms with Crippen molar-refractivity contribution in [1.29, 1.82) is 0 Å². The van der Waals surface area contributed by atoms with Crippen molar-refractivity contribution in [3.63, 3.8) is 0 Å². The number of alkyl halides is 3. The summed E-state index contributed by atoms with van der Waals surface area (Å²) in [5.41, 5.74) is 0. The third-order valence-electron chi connectivity index (χ3n) is 3.14. The SMILES string of the molecule is CCCNC1CCN(CCCCC(F)(F)F)C1. The van der Waals surface area contributed by atoms with Crippen molar-refractivity contribution < 1.29 is 13.2 Å². The Morgan fingerprint density at radius 3 is 2.71 bits per heavy atom. The lowest BCUT2D eigenvalue weighted by Crippen LogP contribution is -2.33. The summed E-state index contributed by atoms with van der Waals surface area (Å²) in [6.45, 7) is 5.99. The fourth-order valence-electron chi connectivity index (χ4n) is 2.21. The maximum Gasteiger partial charge on any atom is 0.389 e. The molecule has 5 heteroatoms. The van der Waals surface area contributed by atoms with Gasteiger partial charge >= 0.3 is 6.18 Å². The molecule has 0 saturated carbocycles. The van der Waals surface area contributed by atoms with Gasteiger partial charge in [-0.15, -0.1) is 0 Å². The molecule has 17 heavy (non-hydrogen) atoms. The van der Waals surface area contributed by atoms with Gasteiger partial charge in [0.05, 0.1) is 0 Å².